The molecule has 0 aliphatic heterocycles. The Morgan fingerprint density at radius 1 is 1.36 bits per heavy atom. The van der Waals surface area contributed by atoms with Crippen molar-refractivity contribution in [3.63, 3.8) is 0 Å². The minimum Gasteiger partial charge on any atom is -0.312 e. The smallest absolute Gasteiger partial charge is 0.142 e. The molecular weight excluding hydrogens is 167 g/mol. The molecule has 1 aromatic carbocycles. The highest BCUT2D eigenvalue weighted by Gasteiger charge is 2.03. The van der Waals surface area contributed by atoms with Gasteiger partial charge in [-0.3, -0.25) is 0 Å². The molecule has 2 nitrogen and oxygen atoms in total. The summed E-state index contributed by atoms with van der Waals surface area (Å²) >= 11 is 5.43. The fourth-order valence-corrected chi connectivity index (χ4v) is 0.837. The minimum absolute atomic E-state index is 0.0781. The molecule has 1 rings (SSSR count). The molecule has 0 radical (unpaired) electrons. The third kappa shape index (κ3) is 1.89. The van der Waals surface area contributed by atoms with Gasteiger partial charge in [0.1, 0.15) is 5.82 Å². The van der Waals surface area contributed by atoms with Gasteiger partial charge in [-0.15, -0.1) is 0 Å². The predicted molar refractivity (Wildman–Crippen MR) is 42.5 cm³/mol. The monoisotopic (exact) mass is 174 g/mol. The van der Waals surface area contributed by atoms with E-state index in [9.17, 15) is 4.39 Å². The van der Waals surface area contributed by atoms with E-state index in [4.69, 9.17) is 23.1 Å². The van der Waals surface area contributed by atoms with Crippen LogP contribution in [0.2, 0.25) is 5.02 Å². The van der Waals surface area contributed by atoms with Crippen LogP contribution < -0.4 is 11.5 Å². The van der Waals surface area contributed by atoms with Gasteiger partial charge in [-0.05, 0) is 17.7 Å². The molecular formula is C7H8ClFN2. The summed E-state index contributed by atoms with van der Waals surface area (Å²) in [4.78, 5) is 0. The van der Waals surface area contributed by atoms with Crippen molar-refractivity contribution in [2.45, 2.75) is 6.17 Å². The summed E-state index contributed by atoms with van der Waals surface area (Å²) in [5, 5.41) is 0.0781. The second-order valence-electron chi connectivity index (χ2n) is 2.20. The van der Waals surface area contributed by atoms with E-state index in [1.54, 1.807) is 6.07 Å². The largest absolute Gasteiger partial charge is 0.312 e. The average Bonchev–Trinajstić information content (AvgIpc) is 1.94. The van der Waals surface area contributed by atoms with Crippen molar-refractivity contribution in [3.8, 4) is 0 Å². The van der Waals surface area contributed by atoms with Crippen LogP contribution in [-0.2, 0) is 0 Å². The van der Waals surface area contributed by atoms with Gasteiger partial charge in [-0.1, -0.05) is 17.7 Å². The lowest BCUT2D eigenvalue weighted by molar-refractivity contribution is 0.621. The van der Waals surface area contributed by atoms with Gasteiger partial charge >= 0.3 is 0 Å². The van der Waals surface area contributed by atoms with Crippen molar-refractivity contribution in [1.29, 1.82) is 0 Å². The minimum atomic E-state index is -0.651. The Labute approximate surface area is 68.9 Å². The van der Waals surface area contributed by atoms with Crippen molar-refractivity contribution in [2.75, 3.05) is 0 Å². The maximum atomic E-state index is 12.7. The van der Waals surface area contributed by atoms with Crippen LogP contribution >= 0.6 is 11.6 Å². The lowest BCUT2D eigenvalue weighted by atomic mass is 10.2. The second-order valence-corrected chi connectivity index (χ2v) is 2.61. The van der Waals surface area contributed by atoms with Crippen LogP contribution in [0, 0.1) is 5.82 Å². The Morgan fingerprint density at radius 3 is 2.45 bits per heavy atom. The van der Waals surface area contributed by atoms with Crippen LogP contribution in [0.15, 0.2) is 18.2 Å². The number of hydrogen-bond donors (Lipinski definition) is 2. The van der Waals surface area contributed by atoms with Crippen molar-refractivity contribution in [1.82, 2.24) is 0 Å². The second kappa shape index (κ2) is 3.17. The van der Waals surface area contributed by atoms with Gasteiger partial charge in [-0.25, -0.2) is 4.39 Å². The van der Waals surface area contributed by atoms with Gasteiger partial charge in [0, 0.05) is 0 Å². The Hall–Kier alpha value is -0.640. The number of nitrogens with two attached hydrogens (primary N) is 2. The van der Waals surface area contributed by atoms with Crippen molar-refractivity contribution in [2.24, 2.45) is 11.5 Å². The molecule has 0 unspecified atom stereocenters. The molecule has 0 aromatic heterocycles. The molecule has 0 atom stereocenters. The van der Waals surface area contributed by atoms with Crippen molar-refractivity contribution >= 4 is 11.6 Å². The van der Waals surface area contributed by atoms with E-state index in [0.717, 1.165) is 0 Å². The molecule has 0 bridgehead atoms. The Kier molecular flexibility index (Phi) is 2.44. The van der Waals surface area contributed by atoms with Crippen molar-refractivity contribution in [3.05, 3.63) is 34.6 Å². The van der Waals surface area contributed by atoms with E-state index >= 15 is 0 Å². The summed E-state index contributed by atoms with van der Waals surface area (Å²) in [6.45, 7) is 0. The lowest BCUT2D eigenvalue weighted by Gasteiger charge is -2.05. The van der Waals surface area contributed by atoms with Crippen LogP contribution in [0.25, 0.3) is 0 Å². The summed E-state index contributed by atoms with van der Waals surface area (Å²) in [5.74, 6) is -0.495. The van der Waals surface area contributed by atoms with Crippen LogP contribution in [-0.4, -0.2) is 0 Å². The van der Waals surface area contributed by atoms with E-state index in [2.05, 4.69) is 0 Å². The highest BCUT2D eigenvalue weighted by molar-refractivity contribution is 6.30. The first-order valence-corrected chi connectivity index (χ1v) is 3.45. The summed E-state index contributed by atoms with van der Waals surface area (Å²) in [6, 6.07) is 4.25. The molecule has 0 amide bonds. The van der Waals surface area contributed by atoms with Gasteiger partial charge in [0.15, 0.2) is 0 Å². The van der Waals surface area contributed by atoms with Gasteiger partial charge in [0.05, 0.1) is 11.2 Å². The molecule has 4 heteroatoms. The maximum absolute atomic E-state index is 12.7. The Bertz CT molecular complexity index is 263. The molecule has 1 aromatic rings. The first-order valence-electron chi connectivity index (χ1n) is 3.07. The molecule has 0 fully saturated rings. The van der Waals surface area contributed by atoms with Crippen LogP contribution in [0.1, 0.15) is 11.7 Å². The van der Waals surface area contributed by atoms with Gasteiger partial charge < -0.3 is 11.5 Å². The molecule has 60 valence electrons. The zero-order chi connectivity index (χ0) is 8.43. The van der Waals surface area contributed by atoms with E-state index in [-0.39, 0.29) is 5.02 Å². The van der Waals surface area contributed by atoms with E-state index < -0.39 is 12.0 Å². The van der Waals surface area contributed by atoms with Crippen LogP contribution in [0.3, 0.4) is 0 Å². The standard InChI is InChI=1S/C7H8ClFN2/c8-5-2-1-4(7(10)11)3-6(5)9/h1-3,7H,10-11H2. The molecule has 0 saturated heterocycles. The molecule has 11 heavy (non-hydrogen) atoms. The molecule has 0 saturated carbocycles. The quantitative estimate of drug-likeness (QED) is 0.633. The lowest BCUT2D eigenvalue weighted by Crippen LogP contribution is -2.19. The summed E-state index contributed by atoms with van der Waals surface area (Å²) < 4.78 is 12.7. The van der Waals surface area contributed by atoms with Crippen LogP contribution in [0.5, 0.6) is 0 Å². The molecule has 0 heterocycles. The SMILES string of the molecule is NC(N)c1ccc(Cl)c(F)c1. The average molecular weight is 175 g/mol. The first-order chi connectivity index (χ1) is 5.11. The fraction of sp³-hybridized carbons (Fsp3) is 0.143. The normalized spacial score (nSPS) is 10.6. The van der Waals surface area contributed by atoms with E-state index in [0.29, 0.717) is 5.56 Å². The first kappa shape index (κ1) is 8.46. The fourth-order valence-electron chi connectivity index (χ4n) is 0.720. The summed E-state index contributed by atoms with van der Waals surface area (Å²) in [7, 11) is 0. The summed E-state index contributed by atoms with van der Waals surface area (Å²) in [5.41, 5.74) is 11.1. The third-order valence-corrected chi connectivity index (χ3v) is 1.64. The van der Waals surface area contributed by atoms with Gasteiger partial charge in [0.2, 0.25) is 0 Å². The Morgan fingerprint density at radius 2 is 2.00 bits per heavy atom. The molecule has 0 aliphatic carbocycles. The van der Waals surface area contributed by atoms with E-state index in [1.807, 2.05) is 0 Å². The molecule has 4 N–H and O–H groups in total. The number of hydrogen-bond acceptors (Lipinski definition) is 2. The maximum Gasteiger partial charge on any atom is 0.142 e. The topological polar surface area (TPSA) is 52.0 Å². The number of halogens is 2. The zero-order valence-corrected chi connectivity index (χ0v) is 6.48. The number of benzene rings is 1. The third-order valence-electron chi connectivity index (χ3n) is 1.33. The van der Waals surface area contributed by atoms with Gasteiger partial charge in [-0.2, -0.15) is 0 Å². The highest BCUT2D eigenvalue weighted by atomic mass is 35.5. The number of rotatable bonds is 1. The van der Waals surface area contributed by atoms with E-state index in [1.165, 1.54) is 12.1 Å². The highest BCUT2D eigenvalue weighted by Crippen LogP contribution is 2.16. The summed E-state index contributed by atoms with van der Waals surface area (Å²) in [6.07, 6.45) is -0.651. The Balaban J connectivity index is 3.05. The van der Waals surface area contributed by atoms with Gasteiger partial charge in [0.25, 0.3) is 0 Å². The zero-order valence-electron chi connectivity index (χ0n) is 5.72. The molecule has 0 aliphatic rings. The predicted octanol–water partition coefficient (Wildman–Crippen LogP) is 1.40. The molecule has 0 spiro atoms. The van der Waals surface area contributed by atoms with Crippen LogP contribution in [0.4, 0.5) is 4.39 Å². The van der Waals surface area contributed by atoms with Crippen molar-refractivity contribution < 1.29 is 4.39 Å².